The standard InChI is InChI=1S/C17H29F2N3O3.C12H21F2N3O.ClH/c1-16(2,3)25-15(24)22-7-5-6-13(22)14(23)21-10-8-20(9-11-21)12-17(4,18)19;1-12(13,14)9-16-5-7-17(8-6-16)11(18)10-3-2-4-15-10;/h13H,5-12H2,1-4H3;10,15H,2-9H2,1H3;1H/t13-;10-;/m00./s1. The third kappa shape index (κ3) is 12.5. The van der Waals surface area contributed by atoms with E-state index in [0.717, 1.165) is 39.7 Å². The summed E-state index contributed by atoms with van der Waals surface area (Å²) in [5.74, 6) is -5.36. The third-order valence-electron chi connectivity index (χ3n) is 7.89. The van der Waals surface area contributed by atoms with E-state index in [1.807, 2.05) is 0 Å². The Morgan fingerprint density at radius 2 is 1.18 bits per heavy atom. The summed E-state index contributed by atoms with van der Waals surface area (Å²) < 4.78 is 57.3. The van der Waals surface area contributed by atoms with E-state index in [-0.39, 0.29) is 43.4 Å². The zero-order valence-electron chi connectivity index (χ0n) is 26.8. The van der Waals surface area contributed by atoms with Crippen molar-refractivity contribution in [2.24, 2.45) is 0 Å². The van der Waals surface area contributed by atoms with Gasteiger partial charge in [-0.3, -0.25) is 24.3 Å². The number of alkyl halides is 4. The van der Waals surface area contributed by atoms with Crippen molar-refractivity contribution in [1.29, 1.82) is 0 Å². The first-order valence-corrected chi connectivity index (χ1v) is 15.4. The van der Waals surface area contributed by atoms with Crippen LogP contribution in [0.4, 0.5) is 22.4 Å². The molecule has 256 valence electrons. The summed E-state index contributed by atoms with van der Waals surface area (Å²) in [6.07, 6.45) is 2.85. The molecule has 1 N–H and O–H groups in total. The smallest absolute Gasteiger partial charge is 0.410 e. The molecule has 4 heterocycles. The van der Waals surface area contributed by atoms with E-state index < -0.39 is 29.6 Å². The van der Waals surface area contributed by atoms with Crippen LogP contribution in [0.25, 0.3) is 0 Å². The fourth-order valence-electron chi connectivity index (χ4n) is 5.93. The molecule has 3 amide bonds. The van der Waals surface area contributed by atoms with Crippen LogP contribution < -0.4 is 5.32 Å². The second-order valence-electron chi connectivity index (χ2n) is 13.3. The van der Waals surface area contributed by atoms with E-state index in [4.69, 9.17) is 4.74 Å². The van der Waals surface area contributed by atoms with Crippen molar-refractivity contribution in [3.8, 4) is 0 Å². The van der Waals surface area contributed by atoms with Gasteiger partial charge in [-0.25, -0.2) is 22.4 Å². The van der Waals surface area contributed by atoms with Crippen molar-refractivity contribution >= 4 is 30.3 Å². The zero-order chi connectivity index (χ0) is 32.0. The molecule has 0 radical (unpaired) electrons. The van der Waals surface area contributed by atoms with Crippen molar-refractivity contribution < 1.29 is 36.7 Å². The Morgan fingerprint density at radius 1 is 0.705 bits per heavy atom. The molecule has 15 heteroatoms. The van der Waals surface area contributed by atoms with Gasteiger partial charge in [0.1, 0.15) is 11.6 Å². The Kier molecular flexibility index (Phi) is 14.0. The van der Waals surface area contributed by atoms with Crippen molar-refractivity contribution in [2.45, 2.75) is 89.8 Å². The molecular weight excluding hydrogens is 608 g/mol. The lowest BCUT2D eigenvalue weighted by molar-refractivity contribution is -0.138. The summed E-state index contributed by atoms with van der Waals surface area (Å²) in [7, 11) is 0. The average molecular weight is 659 g/mol. The van der Waals surface area contributed by atoms with Gasteiger partial charge in [0.25, 0.3) is 11.8 Å². The SMILES string of the molecule is CC(F)(F)CN1CCN(C(=O)[C@@H]2CCCN2)CC1.CC(F)(F)CN1CCN(C(=O)[C@@H]2CCCN2C(=O)OC(C)(C)C)CC1.Cl. The second kappa shape index (κ2) is 16.1. The van der Waals surface area contributed by atoms with E-state index in [1.54, 1.807) is 40.4 Å². The second-order valence-corrected chi connectivity index (χ2v) is 13.3. The summed E-state index contributed by atoms with van der Waals surface area (Å²) in [4.78, 5) is 45.6. The lowest BCUT2D eigenvalue weighted by Gasteiger charge is -2.38. The van der Waals surface area contributed by atoms with E-state index in [2.05, 4.69) is 5.32 Å². The van der Waals surface area contributed by atoms with Gasteiger partial charge in [-0.05, 0) is 53.0 Å². The fourth-order valence-corrected chi connectivity index (χ4v) is 5.93. The molecule has 4 fully saturated rings. The number of nitrogens with zero attached hydrogens (tertiary/aromatic N) is 5. The number of carbonyl (C=O) groups excluding carboxylic acids is 3. The van der Waals surface area contributed by atoms with Gasteiger partial charge in [-0.15, -0.1) is 12.4 Å². The Labute approximate surface area is 265 Å². The zero-order valence-corrected chi connectivity index (χ0v) is 27.6. The molecule has 2 atom stereocenters. The van der Waals surface area contributed by atoms with Crippen LogP contribution in [0, 0.1) is 0 Å². The summed E-state index contributed by atoms with van der Waals surface area (Å²) in [6, 6.07) is -0.557. The Hall–Kier alpha value is -1.90. The molecule has 0 bridgehead atoms. The summed E-state index contributed by atoms with van der Waals surface area (Å²) in [6.45, 7) is 12.0. The van der Waals surface area contributed by atoms with Crippen molar-refractivity contribution in [2.75, 3.05) is 78.5 Å². The predicted molar refractivity (Wildman–Crippen MR) is 162 cm³/mol. The largest absolute Gasteiger partial charge is 0.444 e. The van der Waals surface area contributed by atoms with Crippen molar-refractivity contribution in [3.63, 3.8) is 0 Å². The Balaban J connectivity index is 0.000000315. The molecule has 4 aliphatic heterocycles. The van der Waals surface area contributed by atoms with E-state index in [9.17, 15) is 31.9 Å². The molecule has 0 unspecified atom stereocenters. The average Bonchev–Trinajstić information content (AvgIpc) is 3.59. The van der Waals surface area contributed by atoms with Crippen LogP contribution in [-0.4, -0.2) is 150 Å². The highest BCUT2D eigenvalue weighted by Gasteiger charge is 2.40. The first-order valence-electron chi connectivity index (χ1n) is 15.4. The van der Waals surface area contributed by atoms with Gasteiger partial charge in [-0.1, -0.05) is 0 Å². The normalized spacial score (nSPS) is 24.0. The van der Waals surface area contributed by atoms with Gasteiger partial charge in [0.05, 0.1) is 19.1 Å². The molecule has 0 aromatic carbocycles. The number of ether oxygens (including phenoxy) is 1. The van der Waals surface area contributed by atoms with Crippen LogP contribution in [0.1, 0.15) is 60.3 Å². The van der Waals surface area contributed by atoms with Gasteiger partial charge >= 0.3 is 6.09 Å². The molecular formula is C29H51ClF4N6O4. The fraction of sp³-hybridized carbons (Fsp3) is 0.897. The molecule has 4 aliphatic rings. The minimum Gasteiger partial charge on any atom is -0.444 e. The highest BCUT2D eigenvalue weighted by atomic mass is 35.5. The highest BCUT2D eigenvalue weighted by molar-refractivity contribution is 5.86. The number of hydrogen-bond donors (Lipinski definition) is 1. The van der Waals surface area contributed by atoms with Crippen LogP contribution >= 0.6 is 12.4 Å². The van der Waals surface area contributed by atoms with Gasteiger partial charge in [0.15, 0.2) is 0 Å². The third-order valence-corrected chi connectivity index (χ3v) is 7.89. The lowest BCUT2D eigenvalue weighted by atomic mass is 10.1. The van der Waals surface area contributed by atoms with Gasteiger partial charge < -0.3 is 19.9 Å². The molecule has 0 aliphatic carbocycles. The number of halogens is 5. The molecule has 4 rings (SSSR count). The molecule has 4 saturated heterocycles. The maximum atomic E-state index is 13.1. The molecule has 0 aromatic rings. The number of likely N-dealkylation sites (tertiary alicyclic amines) is 1. The first kappa shape index (κ1) is 38.3. The molecule has 0 aromatic heterocycles. The van der Waals surface area contributed by atoms with Crippen molar-refractivity contribution in [3.05, 3.63) is 0 Å². The summed E-state index contributed by atoms with van der Waals surface area (Å²) >= 11 is 0. The Bertz CT molecular complexity index is 940. The number of piperazine rings is 2. The van der Waals surface area contributed by atoms with Crippen LogP contribution in [0.15, 0.2) is 0 Å². The summed E-state index contributed by atoms with van der Waals surface area (Å²) in [5.41, 5.74) is -0.607. The van der Waals surface area contributed by atoms with E-state index >= 15 is 0 Å². The number of nitrogens with one attached hydrogen (secondary N) is 1. The van der Waals surface area contributed by atoms with Crippen LogP contribution in [0.2, 0.25) is 0 Å². The van der Waals surface area contributed by atoms with Crippen LogP contribution in [-0.2, 0) is 14.3 Å². The number of carbonyl (C=O) groups is 3. The Morgan fingerprint density at radius 3 is 1.59 bits per heavy atom. The molecule has 44 heavy (non-hydrogen) atoms. The van der Waals surface area contributed by atoms with Gasteiger partial charge in [0, 0.05) is 72.8 Å². The first-order chi connectivity index (χ1) is 19.9. The minimum atomic E-state index is -2.73. The number of amides is 3. The molecule has 10 nitrogen and oxygen atoms in total. The molecule has 0 saturated carbocycles. The maximum absolute atomic E-state index is 13.1. The maximum Gasteiger partial charge on any atom is 0.410 e. The monoisotopic (exact) mass is 658 g/mol. The van der Waals surface area contributed by atoms with E-state index in [1.165, 1.54) is 4.90 Å². The number of rotatable bonds is 6. The topological polar surface area (TPSA) is 88.7 Å². The van der Waals surface area contributed by atoms with Gasteiger partial charge in [0.2, 0.25) is 11.8 Å². The van der Waals surface area contributed by atoms with Crippen LogP contribution in [0.3, 0.4) is 0 Å². The predicted octanol–water partition coefficient (Wildman–Crippen LogP) is 3.14. The molecule has 0 spiro atoms. The van der Waals surface area contributed by atoms with Gasteiger partial charge in [-0.2, -0.15) is 0 Å². The summed E-state index contributed by atoms with van der Waals surface area (Å²) in [5, 5.41) is 3.18. The van der Waals surface area contributed by atoms with Crippen molar-refractivity contribution in [1.82, 2.24) is 29.8 Å². The van der Waals surface area contributed by atoms with E-state index in [0.29, 0.717) is 65.3 Å². The lowest BCUT2D eigenvalue weighted by Crippen LogP contribution is -2.55. The number of hydrogen-bond acceptors (Lipinski definition) is 7. The quantitative estimate of drug-likeness (QED) is 0.439. The van der Waals surface area contributed by atoms with Crippen LogP contribution in [0.5, 0.6) is 0 Å². The minimum absolute atomic E-state index is 0. The highest BCUT2D eigenvalue weighted by Crippen LogP contribution is 2.24.